The molecule has 154 valence electrons. The molecule has 0 atom stereocenters. The Hall–Kier alpha value is -1.79. The van der Waals surface area contributed by atoms with E-state index in [9.17, 15) is 9.59 Å². The van der Waals surface area contributed by atoms with Gasteiger partial charge in [0.1, 0.15) is 5.88 Å². The molecular weight excluding hydrogens is 433 g/mol. The van der Waals surface area contributed by atoms with Crippen molar-refractivity contribution in [2.75, 3.05) is 43.0 Å². The maximum absolute atomic E-state index is 12.9. The molecule has 2 aromatic carbocycles. The van der Waals surface area contributed by atoms with E-state index in [1.165, 1.54) is 5.56 Å². The van der Waals surface area contributed by atoms with Gasteiger partial charge in [-0.3, -0.25) is 14.5 Å². The molecule has 1 aliphatic heterocycles. The lowest BCUT2D eigenvalue weighted by molar-refractivity contribution is -0.115. The van der Waals surface area contributed by atoms with Crippen LogP contribution < -0.4 is 4.42 Å². The van der Waals surface area contributed by atoms with Gasteiger partial charge in [0.2, 0.25) is 0 Å². The Morgan fingerprint density at radius 1 is 1.00 bits per heavy atom. The monoisotopic (exact) mass is 453 g/mol. The van der Waals surface area contributed by atoms with Crippen molar-refractivity contribution in [3.8, 4) is 0 Å². The Balaban J connectivity index is 1.53. The molecule has 1 aliphatic rings. The van der Waals surface area contributed by atoms with E-state index in [0.29, 0.717) is 24.3 Å². The van der Waals surface area contributed by atoms with Crippen LogP contribution in [0, 0.1) is 0 Å². The summed E-state index contributed by atoms with van der Waals surface area (Å²) in [4.78, 5) is 28.7. The van der Waals surface area contributed by atoms with Gasteiger partial charge in [-0.15, -0.1) is 11.6 Å². The first-order valence-electron chi connectivity index (χ1n) is 9.39. The molecule has 29 heavy (non-hydrogen) atoms. The molecule has 0 unspecified atom stereocenters. The number of piperazine rings is 1. The Morgan fingerprint density at radius 2 is 1.69 bits per heavy atom. The zero-order valence-electron chi connectivity index (χ0n) is 15.9. The van der Waals surface area contributed by atoms with Crippen molar-refractivity contribution in [2.24, 2.45) is 0 Å². The maximum atomic E-state index is 12.9. The van der Waals surface area contributed by atoms with Crippen LogP contribution in [0.2, 0.25) is 5.02 Å². The summed E-state index contributed by atoms with van der Waals surface area (Å²) < 4.78 is 0.943. The molecule has 1 fully saturated rings. The van der Waals surface area contributed by atoms with Crippen LogP contribution in [-0.2, 0) is 11.2 Å². The lowest BCUT2D eigenvalue weighted by Gasteiger charge is -2.35. The minimum Gasteiger partial charge on any atom is -0.336 e. The van der Waals surface area contributed by atoms with Crippen LogP contribution in [-0.4, -0.2) is 60.2 Å². The highest BCUT2D eigenvalue weighted by Gasteiger charge is 2.23. The molecule has 5 nitrogen and oxygen atoms in total. The third-order valence-electron chi connectivity index (χ3n) is 4.94. The maximum Gasteiger partial charge on any atom is 0.256 e. The molecule has 0 bridgehead atoms. The molecule has 0 aliphatic carbocycles. The number of halogens is 3. The van der Waals surface area contributed by atoms with Crippen LogP contribution in [0.15, 0.2) is 48.5 Å². The number of anilines is 1. The lowest BCUT2D eigenvalue weighted by Crippen LogP contribution is -2.49. The molecule has 0 N–H and O–H groups in total. The summed E-state index contributed by atoms with van der Waals surface area (Å²) in [5, 5.41) is 0.745. The van der Waals surface area contributed by atoms with E-state index in [2.05, 4.69) is 4.90 Å². The summed E-state index contributed by atoms with van der Waals surface area (Å²) in [7, 11) is 0. The Bertz CT molecular complexity index is 853. The number of alkyl halides is 1. The number of amides is 2. The summed E-state index contributed by atoms with van der Waals surface area (Å²) >= 11 is 17.5. The highest BCUT2D eigenvalue weighted by molar-refractivity contribution is 6.42. The molecule has 2 amide bonds. The van der Waals surface area contributed by atoms with Crippen molar-refractivity contribution in [3.63, 3.8) is 0 Å². The van der Waals surface area contributed by atoms with Crippen molar-refractivity contribution >= 4 is 52.5 Å². The quantitative estimate of drug-likeness (QED) is 0.488. The van der Waals surface area contributed by atoms with Crippen molar-refractivity contribution < 1.29 is 9.59 Å². The first-order chi connectivity index (χ1) is 14.0. The molecule has 0 spiro atoms. The van der Waals surface area contributed by atoms with E-state index in [1.54, 1.807) is 24.3 Å². The number of nitrogens with zero attached hydrogens (tertiary/aromatic N) is 3. The number of hydrogen-bond acceptors (Lipinski definition) is 3. The average molecular weight is 455 g/mol. The zero-order chi connectivity index (χ0) is 20.8. The van der Waals surface area contributed by atoms with Crippen LogP contribution in [0.5, 0.6) is 0 Å². The van der Waals surface area contributed by atoms with Crippen LogP contribution in [0.3, 0.4) is 0 Å². The van der Waals surface area contributed by atoms with Gasteiger partial charge in [-0.1, -0.05) is 29.8 Å². The van der Waals surface area contributed by atoms with Gasteiger partial charge in [0.05, 0.1) is 5.69 Å². The molecule has 1 heterocycles. The van der Waals surface area contributed by atoms with E-state index in [-0.39, 0.29) is 11.8 Å². The Labute approximate surface area is 185 Å². The van der Waals surface area contributed by atoms with Crippen molar-refractivity contribution in [3.05, 3.63) is 64.7 Å². The van der Waals surface area contributed by atoms with Gasteiger partial charge < -0.3 is 4.90 Å². The fraction of sp³-hybridized carbons (Fsp3) is 0.333. The molecule has 0 saturated carbocycles. The number of benzene rings is 2. The van der Waals surface area contributed by atoms with E-state index in [1.807, 2.05) is 29.2 Å². The topological polar surface area (TPSA) is 43.9 Å². The minimum atomic E-state index is -0.438. The third-order valence-corrected chi connectivity index (χ3v) is 5.81. The second kappa shape index (κ2) is 10.3. The molecule has 0 radical (unpaired) electrons. The van der Waals surface area contributed by atoms with Crippen LogP contribution >= 0.6 is 35.0 Å². The highest BCUT2D eigenvalue weighted by atomic mass is 35.5. The predicted octanol–water partition coefficient (Wildman–Crippen LogP) is 4.07. The predicted molar refractivity (Wildman–Crippen MR) is 118 cm³/mol. The second-order valence-corrected chi connectivity index (χ2v) is 7.91. The van der Waals surface area contributed by atoms with Gasteiger partial charge in [0.15, 0.2) is 0 Å². The van der Waals surface area contributed by atoms with Crippen molar-refractivity contribution in [2.45, 2.75) is 6.42 Å². The molecule has 1 saturated heterocycles. The Morgan fingerprint density at radius 3 is 2.34 bits per heavy atom. The smallest absolute Gasteiger partial charge is 0.256 e. The van der Waals surface area contributed by atoms with Gasteiger partial charge in [0.25, 0.3) is 11.8 Å². The SMILES string of the molecule is O=C(c1cccc(N(Cl)C(=O)CCl)c1)N1CCN(CCc2ccc(Cl)cc2)CC1. The normalized spacial score (nSPS) is 14.7. The number of rotatable bonds is 6. The summed E-state index contributed by atoms with van der Waals surface area (Å²) in [5.74, 6) is -0.723. The van der Waals surface area contributed by atoms with Gasteiger partial charge in [0, 0.05) is 55.1 Å². The first-order valence-corrected chi connectivity index (χ1v) is 10.6. The van der Waals surface area contributed by atoms with Gasteiger partial charge in [-0.05, 0) is 42.3 Å². The summed E-state index contributed by atoms with van der Waals surface area (Å²) in [6, 6.07) is 14.6. The molecule has 8 heteroatoms. The number of carbonyl (C=O) groups excluding carboxylic acids is 2. The minimum absolute atomic E-state index is 0.0624. The van der Waals surface area contributed by atoms with Gasteiger partial charge in [-0.25, -0.2) is 4.42 Å². The van der Waals surface area contributed by atoms with Crippen LogP contribution in [0.25, 0.3) is 0 Å². The number of carbonyl (C=O) groups is 2. The summed E-state index contributed by atoms with van der Waals surface area (Å²) in [5.41, 5.74) is 2.19. The first kappa shape index (κ1) is 21.9. The van der Waals surface area contributed by atoms with E-state index in [0.717, 1.165) is 35.5 Å². The van der Waals surface area contributed by atoms with E-state index >= 15 is 0 Å². The third kappa shape index (κ3) is 5.86. The van der Waals surface area contributed by atoms with Crippen molar-refractivity contribution in [1.82, 2.24) is 9.80 Å². The highest BCUT2D eigenvalue weighted by Crippen LogP contribution is 2.20. The zero-order valence-corrected chi connectivity index (χ0v) is 18.1. The van der Waals surface area contributed by atoms with Gasteiger partial charge in [-0.2, -0.15) is 0 Å². The largest absolute Gasteiger partial charge is 0.336 e. The van der Waals surface area contributed by atoms with E-state index < -0.39 is 5.91 Å². The lowest BCUT2D eigenvalue weighted by atomic mass is 10.1. The van der Waals surface area contributed by atoms with Crippen molar-refractivity contribution in [1.29, 1.82) is 0 Å². The second-order valence-electron chi connectivity index (χ2n) is 6.87. The number of hydrogen-bond donors (Lipinski definition) is 0. The molecule has 2 aromatic rings. The Kier molecular flexibility index (Phi) is 7.78. The van der Waals surface area contributed by atoms with Crippen LogP contribution in [0.1, 0.15) is 15.9 Å². The summed E-state index contributed by atoms with van der Waals surface area (Å²) in [6.07, 6.45) is 0.952. The molecule has 0 aromatic heterocycles. The average Bonchev–Trinajstić information content (AvgIpc) is 2.77. The standard InChI is InChI=1S/C21H22Cl3N3O2/c22-15-20(28)27(24)19-3-1-2-17(14-19)21(29)26-12-10-25(11-13-26)9-8-16-4-6-18(23)7-5-16/h1-7,14H,8-13,15H2. The van der Waals surface area contributed by atoms with E-state index in [4.69, 9.17) is 35.0 Å². The fourth-order valence-electron chi connectivity index (χ4n) is 3.25. The molecular formula is C21H22Cl3N3O2. The molecule has 3 rings (SSSR count). The van der Waals surface area contributed by atoms with Gasteiger partial charge >= 0.3 is 0 Å². The summed E-state index contributed by atoms with van der Waals surface area (Å²) in [6.45, 7) is 3.92. The fourth-order valence-corrected chi connectivity index (χ4v) is 3.72. The van der Waals surface area contributed by atoms with Crippen LogP contribution in [0.4, 0.5) is 5.69 Å².